The van der Waals surface area contributed by atoms with Crippen LogP contribution >= 0.6 is 0 Å². The van der Waals surface area contributed by atoms with Crippen molar-refractivity contribution < 1.29 is 0 Å². The Morgan fingerprint density at radius 2 is 1.75 bits per heavy atom. The predicted molar refractivity (Wildman–Crippen MR) is 111 cm³/mol. The number of imidazole rings is 2. The Balaban J connectivity index is 1.93. The number of rotatable bonds is 4. The number of benzene rings is 1. The molecule has 0 aliphatic rings. The van der Waals surface area contributed by atoms with Crippen molar-refractivity contribution in [1.29, 1.82) is 0 Å². The van der Waals surface area contributed by atoms with Crippen LogP contribution in [0.25, 0.3) is 23.0 Å². The summed E-state index contributed by atoms with van der Waals surface area (Å²) in [4.78, 5) is 30.6. The van der Waals surface area contributed by atoms with Crippen molar-refractivity contribution in [3.8, 4) is 0 Å². The van der Waals surface area contributed by atoms with Gasteiger partial charge in [0.2, 0.25) is 5.78 Å². The van der Waals surface area contributed by atoms with Gasteiger partial charge in [0.05, 0.1) is 0 Å². The Bertz CT molecular complexity index is 1330. The van der Waals surface area contributed by atoms with Gasteiger partial charge in [0.1, 0.15) is 0 Å². The zero-order valence-corrected chi connectivity index (χ0v) is 16.5. The highest BCUT2D eigenvalue weighted by Crippen LogP contribution is 2.20. The summed E-state index contributed by atoms with van der Waals surface area (Å²) in [6.07, 6.45) is 3.74. The van der Waals surface area contributed by atoms with E-state index in [-0.39, 0.29) is 17.8 Å². The minimum atomic E-state index is -0.367. The highest BCUT2D eigenvalue weighted by molar-refractivity contribution is 5.76. The smallest absolute Gasteiger partial charge is 0.314 e. The number of aromatic nitrogens is 5. The molecule has 0 radical (unpaired) electrons. The Kier molecular flexibility index (Phi) is 4.30. The third-order valence-electron chi connectivity index (χ3n) is 5.34. The molecule has 0 fully saturated rings. The number of fused-ring (bicyclic) bond motifs is 3. The maximum atomic E-state index is 13.2. The molecule has 1 aromatic carbocycles. The largest absolute Gasteiger partial charge is 0.332 e. The van der Waals surface area contributed by atoms with E-state index in [1.807, 2.05) is 67.7 Å². The van der Waals surface area contributed by atoms with Crippen LogP contribution in [0, 0.1) is 13.8 Å². The second-order valence-electron chi connectivity index (χ2n) is 6.90. The van der Waals surface area contributed by atoms with Crippen LogP contribution in [-0.2, 0) is 20.1 Å². The molecule has 3 aromatic heterocycles. The second kappa shape index (κ2) is 6.67. The normalized spacial score (nSPS) is 12.0. The van der Waals surface area contributed by atoms with Gasteiger partial charge in [-0.25, -0.2) is 4.79 Å². The maximum absolute atomic E-state index is 13.2. The fraction of sp³-hybridized carbons (Fsp3) is 0.286. The Labute approximate surface area is 161 Å². The van der Waals surface area contributed by atoms with Crippen molar-refractivity contribution in [3.05, 3.63) is 74.2 Å². The van der Waals surface area contributed by atoms with Crippen LogP contribution in [0.15, 0.2) is 46.0 Å². The Hall–Kier alpha value is -3.35. The molecule has 0 unspecified atom stereocenters. The third kappa shape index (κ3) is 2.54. The van der Waals surface area contributed by atoms with E-state index < -0.39 is 0 Å². The minimum Gasteiger partial charge on any atom is -0.314 e. The molecule has 4 rings (SSSR count). The topological polar surface area (TPSA) is 66.2 Å². The van der Waals surface area contributed by atoms with Gasteiger partial charge in [0.25, 0.3) is 5.56 Å². The lowest BCUT2D eigenvalue weighted by Crippen LogP contribution is -2.39. The van der Waals surface area contributed by atoms with E-state index >= 15 is 0 Å². The maximum Gasteiger partial charge on any atom is 0.332 e. The van der Waals surface area contributed by atoms with Gasteiger partial charge in [0.15, 0.2) is 11.2 Å². The number of allylic oxidation sites excluding steroid dienone is 1. The summed E-state index contributed by atoms with van der Waals surface area (Å²) in [5.41, 5.74) is 3.22. The van der Waals surface area contributed by atoms with Crippen LogP contribution in [0.1, 0.15) is 23.9 Å². The lowest BCUT2D eigenvalue weighted by atomic mass is 10.2. The lowest BCUT2D eigenvalue weighted by molar-refractivity contribution is 0.667. The van der Waals surface area contributed by atoms with Gasteiger partial charge in [-0.3, -0.25) is 18.3 Å². The molecule has 28 heavy (non-hydrogen) atoms. The average molecular weight is 377 g/mol. The van der Waals surface area contributed by atoms with E-state index in [4.69, 9.17) is 0 Å². The first-order valence-electron chi connectivity index (χ1n) is 9.35. The van der Waals surface area contributed by atoms with Gasteiger partial charge < -0.3 is 4.57 Å². The van der Waals surface area contributed by atoms with Crippen LogP contribution in [0.5, 0.6) is 0 Å². The molecule has 4 aromatic rings. The molecule has 0 N–H and O–H groups in total. The number of hydrogen-bond donors (Lipinski definition) is 0. The third-order valence-corrected chi connectivity index (χ3v) is 5.34. The molecule has 0 aliphatic carbocycles. The van der Waals surface area contributed by atoms with E-state index in [9.17, 15) is 9.59 Å². The Morgan fingerprint density at radius 3 is 2.43 bits per heavy atom. The summed E-state index contributed by atoms with van der Waals surface area (Å²) in [7, 11) is 1.66. The molecule has 144 valence electrons. The summed E-state index contributed by atoms with van der Waals surface area (Å²) in [5.74, 6) is 0.692. The molecule has 3 heterocycles. The van der Waals surface area contributed by atoms with Gasteiger partial charge in [-0.05, 0) is 26.3 Å². The molecule has 7 heteroatoms. The Morgan fingerprint density at radius 1 is 1.04 bits per heavy atom. The van der Waals surface area contributed by atoms with E-state index in [1.165, 1.54) is 9.13 Å². The van der Waals surface area contributed by atoms with Crippen molar-refractivity contribution in [3.63, 3.8) is 0 Å². The highest BCUT2D eigenvalue weighted by atomic mass is 16.2. The zero-order valence-electron chi connectivity index (χ0n) is 16.5. The summed E-state index contributed by atoms with van der Waals surface area (Å²) in [6, 6.07) is 9.79. The van der Waals surface area contributed by atoms with E-state index in [2.05, 4.69) is 9.55 Å². The quantitative estimate of drug-likeness (QED) is 0.549. The minimum absolute atomic E-state index is 0.204. The molecule has 0 spiro atoms. The van der Waals surface area contributed by atoms with Crippen molar-refractivity contribution in [2.75, 3.05) is 0 Å². The number of hydrogen-bond acceptors (Lipinski definition) is 3. The SMILES string of the molecule is CCn1c(C)c(C)n2c3c(=O)n(C/C=C\c4ccccc4)c(=O)n(C)c3nc12. The van der Waals surface area contributed by atoms with Crippen LogP contribution in [0.4, 0.5) is 0 Å². The highest BCUT2D eigenvalue weighted by Gasteiger charge is 2.21. The standard InChI is InChI=1S/C21H23N5O2/c1-5-24-14(2)15(3)26-17-18(22-20(24)26)23(4)21(28)25(19(17)27)13-9-12-16-10-7-6-8-11-16/h6-12H,5,13H2,1-4H3/b12-9-. The molecule has 0 saturated carbocycles. The van der Waals surface area contributed by atoms with Gasteiger partial charge in [-0.1, -0.05) is 42.5 Å². The summed E-state index contributed by atoms with van der Waals surface area (Å²) >= 11 is 0. The van der Waals surface area contributed by atoms with Crippen molar-refractivity contribution in [2.24, 2.45) is 7.05 Å². The van der Waals surface area contributed by atoms with Crippen molar-refractivity contribution in [1.82, 2.24) is 23.1 Å². The molecule has 0 amide bonds. The molecular formula is C21H23N5O2. The first-order valence-corrected chi connectivity index (χ1v) is 9.35. The molecular weight excluding hydrogens is 354 g/mol. The first-order chi connectivity index (χ1) is 13.5. The molecule has 0 atom stereocenters. The first kappa shape index (κ1) is 18.0. The summed E-state index contributed by atoms with van der Waals surface area (Å²) < 4.78 is 6.63. The van der Waals surface area contributed by atoms with Crippen molar-refractivity contribution in [2.45, 2.75) is 33.9 Å². The second-order valence-corrected chi connectivity index (χ2v) is 6.90. The molecule has 0 saturated heterocycles. The van der Waals surface area contributed by atoms with Crippen LogP contribution in [-0.4, -0.2) is 23.1 Å². The van der Waals surface area contributed by atoms with Crippen LogP contribution in [0.3, 0.4) is 0 Å². The van der Waals surface area contributed by atoms with E-state index in [0.29, 0.717) is 16.9 Å². The summed E-state index contributed by atoms with van der Waals surface area (Å²) in [6.45, 7) is 6.98. The summed E-state index contributed by atoms with van der Waals surface area (Å²) in [5, 5.41) is 0. The van der Waals surface area contributed by atoms with Crippen LogP contribution in [0.2, 0.25) is 0 Å². The zero-order chi connectivity index (χ0) is 20.0. The van der Waals surface area contributed by atoms with Gasteiger partial charge in [-0.2, -0.15) is 4.98 Å². The van der Waals surface area contributed by atoms with Gasteiger partial charge in [-0.15, -0.1) is 0 Å². The fourth-order valence-corrected chi connectivity index (χ4v) is 3.71. The van der Waals surface area contributed by atoms with E-state index in [0.717, 1.165) is 23.5 Å². The fourth-order valence-electron chi connectivity index (χ4n) is 3.71. The van der Waals surface area contributed by atoms with Gasteiger partial charge >= 0.3 is 5.69 Å². The van der Waals surface area contributed by atoms with E-state index in [1.54, 1.807) is 7.05 Å². The van der Waals surface area contributed by atoms with Crippen molar-refractivity contribution >= 4 is 23.0 Å². The predicted octanol–water partition coefficient (Wildman–Crippen LogP) is 2.50. The van der Waals surface area contributed by atoms with Gasteiger partial charge in [0, 0.05) is 31.5 Å². The molecule has 7 nitrogen and oxygen atoms in total. The lowest BCUT2D eigenvalue weighted by Gasteiger charge is -2.06. The molecule has 0 aliphatic heterocycles. The van der Waals surface area contributed by atoms with Crippen LogP contribution < -0.4 is 11.2 Å². The number of nitrogens with zero attached hydrogens (tertiary/aromatic N) is 5. The molecule has 0 bridgehead atoms. The average Bonchev–Trinajstić information content (AvgIpc) is 3.19. The number of aryl methyl sites for hydroxylation is 3. The monoisotopic (exact) mass is 377 g/mol.